The monoisotopic (exact) mass is 425 g/mol. The van der Waals surface area contributed by atoms with Gasteiger partial charge in [0.1, 0.15) is 5.54 Å². The molecule has 2 aliphatic rings. The minimum absolute atomic E-state index is 0.0114. The molecule has 1 saturated carbocycles. The zero-order chi connectivity index (χ0) is 22.0. The maximum Gasteiger partial charge on any atom is 0.344 e. The molecule has 9 heteroatoms. The molecule has 0 atom stereocenters. The molecule has 1 aliphatic heterocycles. The van der Waals surface area contributed by atoms with Crippen molar-refractivity contribution in [1.29, 1.82) is 0 Å². The molecule has 2 aromatic rings. The standard InChI is InChI=1S/C22H27N5O4/c1-3-15-4-6-16(7-5-15)19-23-18(31-26-19)9-8-17(28)25-27-20(29)22(24-21(27)30)12-10-14(2)11-13-22/h4-7,14H,3,8-13H2,1-2H3,(H,24,30)(H,25,28). The SMILES string of the molecule is CCc1ccc(-c2noc(CCC(=O)NN3C(=O)NC4(CCC(C)CC4)C3=O)n2)cc1. The van der Waals surface area contributed by atoms with Crippen molar-refractivity contribution in [3.05, 3.63) is 35.7 Å². The van der Waals surface area contributed by atoms with Crippen LogP contribution in [0.3, 0.4) is 0 Å². The van der Waals surface area contributed by atoms with Crippen LogP contribution in [0.15, 0.2) is 28.8 Å². The van der Waals surface area contributed by atoms with Crippen molar-refractivity contribution in [3.63, 3.8) is 0 Å². The Morgan fingerprint density at radius 1 is 1.26 bits per heavy atom. The van der Waals surface area contributed by atoms with E-state index in [1.807, 2.05) is 24.3 Å². The quantitative estimate of drug-likeness (QED) is 0.687. The normalized spacial score (nSPS) is 23.3. The number of carbonyl (C=O) groups is 3. The molecule has 1 aliphatic carbocycles. The maximum atomic E-state index is 12.8. The third kappa shape index (κ3) is 4.30. The van der Waals surface area contributed by atoms with Crippen LogP contribution in [0.2, 0.25) is 0 Å². The van der Waals surface area contributed by atoms with Gasteiger partial charge in [0, 0.05) is 18.4 Å². The molecule has 0 bridgehead atoms. The van der Waals surface area contributed by atoms with Crippen molar-refractivity contribution in [2.75, 3.05) is 0 Å². The summed E-state index contributed by atoms with van der Waals surface area (Å²) < 4.78 is 5.24. The van der Waals surface area contributed by atoms with Gasteiger partial charge in [0.15, 0.2) is 0 Å². The molecule has 9 nitrogen and oxygen atoms in total. The first kappa shape index (κ1) is 21.0. The Morgan fingerprint density at radius 2 is 1.97 bits per heavy atom. The van der Waals surface area contributed by atoms with Crippen LogP contribution in [0.1, 0.15) is 57.4 Å². The van der Waals surface area contributed by atoms with Gasteiger partial charge in [-0.2, -0.15) is 9.99 Å². The highest BCUT2D eigenvalue weighted by Crippen LogP contribution is 2.35. The summed E-state index contributed by atoms with van der Waals surface area (Å²) in [7, 11) is 0. The number of hydrazine groups is 1. The average molecular weight is 425 g/mol. The Bertz CT molecular complexity index is 976. The van der Waals surface area contributed by atoms with Crippen LogP contribution < -0.4 is 10.7 Å². The van der Waals surface area contributed by atoms with Crippen molar-refractivity contribution in [3.8, 4) is 11.4 Å². The first-order valence-electron chi connectivity index (χ1n) is 10.8. The van der Waals surface area contributed by atoms with Gasteiger partial charge in [0.25, 0.3) is 5.91 Å². The van der Waals surface area contributed by atoms with E-state index in [0.717, 1.165) is 29.8 Å². The Balaban J connectivity index is 1.32. The number of hydrogen-bond donors (Lipinski definition) is 2. The third-order valence-corrected chi connectivity index (χ3v) is 6.18. The summed E-state index contributed by atoms with van der Waals surface area (Å²) >= 11 is 0. The largest absolute Gasteiger partial charge is 0.344 e. The highest BCUT2D eigenvalue weighted by Gasteiger charge is 2.52. The number of amides is 4. The predicted molar refractivity (Wildman–Crippen MR) is 111 cm³/mol. The fraction of sp³-hybridized carbons (Fsp3) is 0.500. The molecule has 31 heavy (non-hydrogen) atoms. The van der Waals surface area contributed by atoms with Gasteiger partial charge in [-0.3, -0.25) is 15.0 Å². The molecule has 1 aromatic heterocycles. The Labute approximate surface area is 180 Å². The van der Waals surface area contributed by atoms with Crippen molar-refractivity contribution in [2.24, 2.45) is 5.92 Å². The van der Waals surface area contributed by atoms with Gasteiger partial charge in [0.2, 0.25) is 17.6 Å². The maximum absolute atomic E-state index is 12.8. The average Bonchev–Trinajstić information content (AvgIpc) is 3.34. The summed E-state index contributed by atoms with van der Waals surface area (Å²) in [6, 6.07) is 7.30. The van der Waals surface area contributed by atoms with Crippen LogP contribution >= 0.6 is 0 Å². The van der Waals surface area contributed by atoms with Gasteiger partial charge in [-0.15, -0.1) is 0 Å². The molecule has 2 heterocycles. The highest BCUT2D eigenvalue weighted by atomic mass is 16.5. The molecular formula is C22H27N5O4. The summed E-state index contributed by atoms with van der Waals surface area (Å²) in [4.78, 5) is 41.8. The molecule has 2 N–H and O–H groups in total. The van der Waals surface area contributed by atoms with E-state index in [1.165, 1.54) is 5.56 Å². The van der Waals surface area contributed by atoms with E-state index < -0.39 is 17.5 Å². The fourth-order valence-electron chi connectivity index (χ4n) is 4.08. The number of benzene rings is 1. The number of imide groups is 1. The summed E-state index contributed by atoms with van der Waals surface area (Å²) in [5.74, 6) is 0.466. The third-order valence-electron chi connectivity index (χ3n) is 6.18. The minimum Gasteiger partial charge on any atom is -0.339 e. The number of rotatable bonds is 6. The molecule has 4 rings (SSSR count). The van der Waals surface area contributed by atoms with E-state index in [-0.39, 0.29) is 18.7 Å². The number of aryl methyl sites for hydroxylation is 2. The van der Waals surface area contributed by atoms with Gasteiger partial charge in [-0.05, 0) is 43.6 Å². The van der Waals surface area contributed by atoms with Crippen LogP contribution in [0.4, 0.5) is 4.79 Å². The fourth-order valence-corrected chi connectivity index (χ4v) is 4.08. The van der Waals surface area contributed by atoms with Gasteiger partial charge in [-0.25, -0.2) is 4.79 Å². The lowest BCUT2D eigenvalue weighted by atomic mass is 9.77. The number of nitrogens with zero attached hydrogens (tertiary/aromatic N) is 3. The summed E-state index contributed by atoms with van der Waals surface area (Å²) in [6.45, 7) is 4.22. The number of urea groups is 1. The van der Waals surface area contributed by atoms with Gasteiger partial charge < -0.3 is 9.84 Å². The molecule has 1 spiro atoms. The number of nitrogens with one attached hydrogen (secondary N) is 2. The van der Waals surface area contributed by atoms with Crippen LogP contribution in [-0.4, -0.2) is 38.5 Å². The smallest absolute Gasteiger partial charge is 0.339 e. The second-order valence-electron chi connectivity index (χ2n) is 8.43. The van der Waals surface area contributed by atoms with E-state index >= 15 is 0 Å². The molecule has 1 saturated heterocycles. The molecule has 2 fully saturated rings. The summed E-state index contributed by atoms with van der Waals surface area (Å²) in [6.07, 6.45) is 4.09. The first-order valence-corrected chi connectivity index (χ1v) is 10.8. The molecule has 164 valence electrons. The van der Waals surface area contributed by atoms with Crippen LogP contribution in [0.5, 0.6) is 0 Å². The van der Waals surface area contributed by atoms with Gasteiger partial charge in [0.05, 0.1) is 0 Å². The van der Waals surface area contributed by atoms with Crippen LogP contribution in [-0.2, 0) is 22.4 Å². The zero-order valence-electron chi connectivity index (χ0n) is 17.8. The minimum atomic E-state index is -0.883. The highest BCUT2D eigenvalue weighted by molar-refractivity contribution is 6.08. The number of hydrogen-bond acceptors (Lipinski definition) is 6. The lowest BCUT2D eigenvalue weighted by molar-refractivity contribution is -0.140. The van der Waals surface area contributed by atoms with Crippen molar-refractivity contribution in [2.45, 2.75) is 64.3 Å². The van der Waals surface area contributed by atoms with Gasteiger partial charge >= 0.3 is 6.03 Å². The van der Waals surface area contributed by atoms with Crippen molar-refractivity contribution < 1.29 is 18.9 Å². The molecule has 4 amide bonds. The molecule has 0 radical (unpaired) electrons. The van der Waals surface area contributed by atoms with Crippen molar-refractivity contribution >= 4 is 17.8 Å². The van der Waals surface area contributed by atoms with Crippen LogP contribution in [0, 0.1) is 5.92 Å². The Hall–Kier alpha value is -3.23. The second kappa shape index (κ2) is 8.49. The van der Waals surface area contributed by atoms with E-state index in [9.17, 15) is 14.4 Å². The molecule has 0 unspecified atom stereocenters. The Kier molecular flexibility index (Phi) is 5.75. The lowest BCUT2D eigenvalue weighted by Crippen LogP contribution is -2.51. The lowest BCUT2D eigenvalue weighted by Gasteiger charge is -2.33. The molecule has 1 aromatic carbocycles. The molecular weight excluding hydrogens is 398 g/mol. The van der Waals surface area contributed by atoms with E-state index in [4.69, 9.17) is 4.52 Å². The number of aromatic nitrogens is 2. The van der Waals surface area contributed by atoms with E-state index in [2.05, 4.69) is 34.7 Å². The summed E-state index contributed by atoms with van der Waals surface area (Å²) in [5.41, 5.74) is 3.60. The first-order chi connectivity index (χ1) is 14.9. The predicted octanol–water partition coefficient (Wildman–Crippen LogP) is 2.76. The van der Waals surface area contributed by atoms with E-state index in [0.29, 0.717) is 30.5 Å². The topological polar surface area (TPSA) is 117 Å². The zero-order valence-corrected chi connectivity index (χ0v) is 17.8. The summed E-state index contributed by atoms with van der Waals surface area (Å²) in [5, 5.41) is 7.56. The Morgan fingerprint density at radius 3 is 2.65 bits per heavy atom. The van der Waals surface area contributed by atoms with Crippen LogP contribution in [0.25, 0.3) is 11.4 Å². The van der Waals surface area contributed by atoms with E-state index in [1.54, 1.807) is 0 Å². The second-order valence-corrected chi connectivity index (χ2v) is 8.43. The number of carbonyl (C=O) groups excluding carboxylic acids is 3. The van der Waals surface area contributed by atoms with Crippen molar-refractivity contribution in [1.82, 2.24) is 25.9 Å². The van der Waals surface area contributed by atoms with Gasteiger partial charge in [-0.1, -0.05) is 43.3 Å².